The van der Waals surface area contributed by atoms with E-state index in [1.54, 1.807) is 13.0 Å². The Labute approximate surface area is 272 Å². The highest BCUT2D eigenvalue weighted by atomic mass is 31.2. The summed E-state index contributed by atoms with van der Waals surface area (Å²) in [4.78, 5) is 21.9. The van der Waals surface area contributed by atoms with Gasteiger partial charge >= 0.3 is 7.82 Å². The topological polar surface area (TPSA) is 105 Å². The maximum Gasteiger partial charge on any atom is 0.472 e. The van der Waals surface area contributed by atoms with E-state index >= 15 is 0 Å². The highest BCUT2D eigenvalue weighted by Crippen LogP contribution is 2.43. The summed E-state index contributed by atoms with van der Waals surface area (Å²) in [7, 11) is 1.57. The molecule has 1 amide bonds. The molecule has 0 radical (unpaired) electrons. The van der Waals surface area contributed by atoms with Gasteiger partial charge in [0.1, 0.15) is 13.2 Å². The molecule has 44 heavy (non-hydrogen) atoms. The third-order valence-corrected chi connectivity index (χ3v) is 9.06. The molecule has 0 aromatic rings. The summed E-state index contributed by atoms with van der Waals surface area (Å²) in [5.41, 5.74) is 0. The van der Waals surface area contributed by atoms with Crippen LogP contribution in [0.3, 0.4) is 0 Å². The van der Waals surface area contributed by atoms with E-state index in [1.807, 2.05) is 27.2 Å². The summed E-state index contributed by atoms with van der Waals surface area (Å²) in [5, 5.41) is 13.3. The molecule has 0 bridgehead atoms. The second-order valence-electron chi connectivity index (χ2n) is 13.6. The van der Waals surface area contributed by atoms with E-state index in [0.29, 0.717) is 11.0 Å². The quantitative estimate of drug-likeness (QED) is 0.0292. The molecule has 262 valence electrons. The number of hydrogen-bond acceptors (Lipinski definition) is 5. The Hall–Kier alpha value is -0.760. The lowest BCUT2D eigenvalue weighted by atomic mass is 10.0. The molecule has 0 spiro atoms. The van der Waals surface area contributed by atoms with Crippen LogP contribution in [0.1, 0.15) is 155 Å². The molecule has 0 heterocycles. The van der Waals surface area contributed by atoms with Crippen molar-refractivity contribution in [3.63, 3.8) is 0 Å². The lowest BCUT2D eigenvalue weighted by Gasteiger charge is -2.25. The summed E-state index contributed by atoms with van der Waals surface area (Å²) in [6.45, 7) is 4.26. The van der Waals surface area contributed by atoms with Gasteiger partial charge in [0.2, 0.25) is 5.91 Å². The Balaban J connectivity index is 3.88. The van der Waals surface area contributed by atoms with E-state index in [9.17, 15) is 19.4 Å². The van der Waals surface area contributed by atoms with Crippen LogP contribution in [0.2, 0.25) is 0 Å². The van der Waals surface area contributed by atoms with Gasteiger partial charge in [0, 0.05) is 6.42 Å². The van der Waals surface area contributed by atoms with Crippen LogP contribution in [0.15, 0.2) is 12.2 Å². The number of phosphoric acid groups is 1. The number of phosphoric ester groups is 1. The number of allylic oxidation sites excluding steroid dienone is 1. The number of nitrogens with one attached hydrogen (secondary N) is 1. The van der Waals surface area contributed by atoms with Gasteiger partial charge in [-0.05, 0) is 12.8 Å². The van der Waals surface area contributed by atoms with E-state index in [1.165, 1.54) is 116 Å². The fourth-order valence-electron chi connectivity index (χ4n) is 5.06. The molecule has 0 saturated carbocycles. The number of unbranched alkanes of at least 4 members (excludes halogenated alkanes) is 20. The number of rotatable bonds is 32. The van der Waals surface area contributed by atoms with Gasteiger partial charge in [-0.15, -0.1) is 0 Å². The van der Waals surface area contributed by atoms with Gasteiger partial charge in [-0.1, -0.05) is 148 Å². The fraction of sp³-hybridized carbons (Fsp3) is 0.914. The largest absolute Gasteiger partial charge is 0.472 e. The van der Waals surface area contributed by atoms with E-state index in [4.69, 9.17) is 9.05 Å². The maximum absolute atomic E-state index is 12.2. The third kappa shape index (κ3) is 29.9. The minimum absolute atomic E-state index is 0.0607. The Morgan fingerprint density at radius 1 is 0.750 bits per heavy atom. The van der Waals surface area contributed by atoms with Crippen molar-refractivity contribution in [1.82, 2.24) is 5.32 Å². The van der Waals surface area contributed by atoms with Crippen LogP contribution in [0.4, 0.5) is 0 Å². The zero-order valence-electron chi connectivity index (χ0n) is 29.4. The number of hydrogen-bond donors (Lipinski definition) is 3. The molecule has 0 saturated heterocycles. The van der Waals surface area contributed by atoms with Crippen LogP contribution in [-0.2, 0) is 18.4 Å². The number of amides is 1. The van der Waals surface area contributed by atoms with Crippen LogP contribution >= 0.6 is 7.82 Å². The van der Waals surface area contributed by atoms with Crippen LogP contribution in [0, 0.1) is 0 Å². The number of aliphatic hydroxyl groups excluding tert-OH is 1. The highest BCUT2D eigenvalue weighted by Gasteiger charge is 2.27. The first-order chi connectivity index (χ1) is 21.0. The van der Waals surface area contributed by atoms with Gasteiger partial charge in [0.05, 0.1) is 39.9 Å². The number of nitrogens with zero attached hydrogens (tertiary/aromatic N) is 1. The molecule has 0 aromatic heterocycles. The van der Waals surface area contributed by atoms with Crippen molar-refractivity contribution in [2.45, 2.75) is 167 Å². The normalized spacial score (nSPS) is 15.0. The second-order valence-corrected chi connectivity index (χ2v) is 15.0. The number of aliphatic hydroxyl groups is 1. The molecule has 3 N–H and O–H groups in total. The smallest absolute Gasteiger partial charge is 0.387 e. The summed E-state index contributed by atoms with van der Waals surface area (Å²) < 4.78 is 23.0. The molecular weight excluding hydrogens is 575 g/mol. The van der Waals surface area contributed by atoms with Crippen molar-refractivity contribution in [3.05, 3.63) is 12.2 Å². The van der Waals surface area contributed by atoms with Gasteiger partial charge in [0.15, 0.2) is 0 Å². The Morgan fingerprint density at radius 3 is 1.59 bits per heavy atom. The number of carbonyl (C=O) groups is 1. The van der Waals surface area contributed by atoms with Crippen molar-refractivity contribution in [3.8, 4) is 0 Å². The zero-order chi connectivity index (χ0) is 32.9. The zero-order valence-corrected chi connectivity index (χ0v) is 30.3. The predicted octanol–water partition coefficient (Wildman–Crippen LogP) is 8.85. The third-order valence-electron chi connectivity index (χ3n) is 8.07. The van der Waals surface area contributed by atoms with Gasteiger partial charge in [-0.3, -0.25) is 13.8 Å². The summed E-state index contributed by atoms with van der Waals surface area (Å²) in [5.74, 6) is -0.265. The van der Waals surface area contributed by atoms with E-state index in [2.05, 4.69) is 12.2 Å². The van der Waals surface area contributed by atoms with Gasteiger partial charge < -0.3 is 19.8 Å². The van der Waals surface area contributed by atoms with Crippen LogP contribution in [0.5, 0.6) is 0 Å². The molecule has 9 heteroatoms. The SMILES string of the molecule is CCCCCCCCCCCCCCCCCCCCCC/C=C/C(O)C(COP(=O)(O)OCC[N+](C)(C)C)NC(=O)CC. The predicted molar refractivity (Wildman–Crippen MR) is 185 cm³/mol. The standard InChI is InChI=1S/C35H71N2O6P/c1-6-8-9-10-11-12-13-14-15-16-17-18-19-20-21-22-23-24-25-26-27-28-29-34(38)33(36-35(39)7-2)32-43-44(40,41)42-31-30-37(3,4)5/h28-29,33-34,38H,6-27,30-32H2,1-5H3,(H-,36,39,40,41)/p+1/b29-28+. The molecule has 0 fully saturated rings. The summed E-state index contributed by atoms with van der Waals surface area (Å²) in [6, 6.07) is -0.837. The van der Waals surface area contributed by atoms with Crippen molar-refractivity contribution < 1.29 is 32.9 Å². The van der Waals surface area contributed by atoms with E-state index < -0.39 is 20.0 Å². The van der Waals surface area contributed by atoms with Crippen LogP contribution < -0.4 is 5.32 Å². The van der Waals surface area contributed by atoms with Crippen molar-refractivity contribution in [1.29, 1.82) is 0 Å². The molecule has 8 nitrogen and oxygen atoms in total. The van der Waals surface area contributed by atoms with Gasteiger partial charge in [-0.2, -0.15) is 0 Å². The molecule has 3 unspecified atom stereocenters. The molecule has 0 aromatic carbocycles. The fourth-order valence-corrected chi connectivity index (χ4v) is 5.80. The number of carbonyl (C=O) groups excluding carboxylic acids is 1. The molecule has 0 aliphatic carbocycles. The Bertz CT molecular complexity index is 743. The van der Waals surface area contributed by atoms with Gasteiger partial charge in [0.25, 0.3) is 0 Å². The Morgan fingerprint density at radius 2 is 1.18 bits per heavy atom. The number of quaternary nitrogens is 1. The summed E-state index contributed by atoms with van der Waals surface area (Å²) in [6.07, 6.45) is 30.8. The Kier molecular flexibility index (Phi) is 28.0. The van der Waals surface area contributed by atoms with E-state index in [0.717, 1.165) is 19.3 Å². The van der Waals surface area contributed by atoms with E-state index in [-0.39, 0.29) is 25.5 Å². The van der Waals surface area contributed by atoms with Crippen molar-refractivity contribution in [2.24, 2.45) is 0 Å². The summed E-state index contributed by atoms with van der Waals surface area (Å²) >= 11 is 0. The first kappa shape index (κ1) is 43.2. The lowest BCUT2D eigenvalue weighted by Crippen LogP contribution is -2.45. The average molecular weight is 648 g/mol. The molecular formula is C35H72N2O6P+. The van der Waals surface area contributed by atoms with Crippen LogP contribution in [-0.4, -0.2) is 73.4 Å². The molecule has 3 atom stereocenters. The first-order valence-corrected chi connectivity index (χ1v) is 19.6. The van der Waals surface area contributed by atoms with Gasteiger partial charge in [-0.25, -0.2) is 4.57 Å². The first-order valence-electron chi connectivity index (χ1n) is 18.1. The second kappa shape index (κ2) is 28.5. The minimum Gasteiger partial charge on any atom is -0.387 e. The maximum atomic E-state index is 12.2. The highest BCUT2D eigenvalue weighted by molar-refractivity contribution is 7.47. The average Bonchev–Trinajstić information content (AvgIpc) is 2.96. The van der Waals surface area contributed by atoms with Crippen molar-refractivity contribution in [2.75, 3.05) is 40.9 Å². The van der Waals surface area contributed by atoms with Crippen molar-refractivity contribution >= 4 is 13.7 Å². The van der Waals surface area contributed by atoms with Crippen LogP contribution in [0.25, 0.3) is 0 Å². The number of likely N-dealkylation sites (N-methyl/N-ethyl adjacent to an activating group) is 1. The molecule has 0 rings (SSSR count). The molecule has 0 aliphatic rings. The lowest BCUT2D eigenvalue weighted by molar-refractivity contribution is -0.870. The molecule has 0 aliphatic heterocycles. The monoisotopic (exact) mass is 648 g/mol. The minimum atomic E-state index is -4.29.